The van der Waals surface area contributed by atoms with E-state index in [9.17, 15) is 14.7 Å². The number of hydrogen-bond donors (Lipinski definition) is 1. The molecule has 0 spiro atoms. The molecule has 34 heavy (non-hydrogen) atoms. The van der Waals surface area contributed by atoms with Crippen LogP contribution in [0.25, 0.3) is 11.3 Å². The predicted octanol–water partition coefficient (Wildman–Crippen LogP) is 4.67. The molecule has 0 unspecified atom stereocenters. The van der Waals surface area contributed by atoms with Crippen LogP contribution in [0, 0.1) is 22.7 Å². The van der Waals surface area contributed by atoms with Gasteiger partial charge in [-0.1, -0.05) is 20.8 Å². The van der Waals surface area contributed by atoms with Crippen LogP contribution in [0.4, 0.5) is 0 Å². The van der Waals surface area contributed by atoms with Crippen LogP contribution in [0.15, 0.2) is 39.8 Å². The topological polar surface area (TPSA) is 98.9 Å². The van der Waals surface area contributed by atoms with E-state index in [2.05, 4.69) is 32.7 Å². The van der Waals surface area contributed by atoms with Crippen molar-refractivity contribution in [3.63, 3.8) is 0 Å². The molecule has 0 aromatic carbocycles. The number of hydrogen-bond acceptors (Lipinski definition) is 7. The maximum absolute atomic E-state index is 13.1. The van der Waals surface area contributed by atoms with E-state index in [1.807, 2.05) is 6.07 Å². The van der Waals surface area contributed by atoms with E-state index in [0.29, 0.717) is 23.5 Å². The van der Waals surface area contributed by atoms with Gasteiger partial charge in [0.15, 0.2) is 0 Å². The summed E-state index contributed by atoms with van der Waals surface area (Å²) in [6.07, 6.45) is 5.19. The molecule has 0 amide bonds. The van der Waals surface area contributed by atoms with E-state index in [1.54, 1.807) is 24.5 Å². The smallest absolute Gasteiger partial charge is 0.345 e. The molecule has 5 rings (SSSR count). The minimum atomic E-state index is -1.01. The van der Waals surface area contributed by atoms with Crippen LogP contribution in [0.1, 0.15) is 72.0 Å². The number of esters is 1. The number of aliphatic hydroxyl groups excluding tert-OH is 1. The summed E-state index contributed by atoms with van der Waals surface area (Å²) in [6.45, 7) is 10.0. The summed E-state index contributed by atoms with van der Waals surface area (Å²) in [5.41, 5.74) is -0.925. The number of rotatable bonds is 2. The summed E-state index contributed by atoms with van der Waals surface area (Å²) in [6, 6.07) is 5.30. The zero-order valence-electron chi connectivity index (χ0n) is 20.5. The number of pyridine rings is 1. The molecule has 0 saturated heterocycles. The molecule has 2 aromatic heterocycles. The molecule has 182 valence electrons. The summed E-state index contributed by atoms with van der Waals surface area (Å²) in [4.78, 5) is 29.0. The number of carbonyl (C=O) groups is 1. The number of carbonyl (C=O) groups excluding carboxylic acids is 1. The average Bonchev–Trinajstić information content (AvgIpc) is 2.75. The molecular formula is C27H33NO6. The molecule has 3 heterocycles. The van der Waals surface area contributed by atoms with Gasteiger partial charge in [0.2, 0.25) is 0 Å². The van der Waals surface area contributed by atoms with Crippen molar-refractivity contribution in [3.8, 4) is 17.1 Å². The van der Waals surface area contributed by atoms with Crippen LogP contribution in [-0.2, 0) is 9.53 Å². The molecule has 2 aromatic rings. The van der Waals surface area contributed by atoms with Crippen LogP contribution in [-0.4, -0.2) is 27.8 Å². The standard InChI is InChI=1S/C27H33NO6/c1-15(29)32-20-9-10-26(4)19(25(20,2)3)8-11-27(5)23(26)22(30)21-18(34-27)13-17(33-24(21)31)16-7-6-12-28-14-16/h6-7,12-14,19-20,22-23,30H,8-11H2,1-5H3/t19-,20-,22+,23+,26-,27+/m0/s1. The zero-order valence-corrected chi connectivity index (χ0v) is 20.5. The van der Waals surface area contributed by atoms with Crippen LogP contribution in [0.3, 0.4) is 0 Å². The highest BCUT2D eigenvalue weighted by Gasteiger charge is 2.65. The van der Waals surface area contributed by atoms with E-state index in [1.165, 1.54) is 6.92 Å². The first kappa shape index (κ1) is 23.1. The fourth-order valence-corrected chi connectivity index (χ4v) is 7.54. The van der Waals surface area contributed by atoms with E-state index in [-0.39, 0.29) is 40.3 Å². The third-order valence-electron chi connectivity index (χ3n) is 8.93. The number of fused-ring (bicyclic) bond motifs is 4. The molecule has 7 nitrogen and oxygen atoms in total. The third kappa shape index (κ3) is 3.31. The Morgan fingerprint density at radius 1 is 1.21 bits per heavy atom. The number of aromatic nitrogens is 1. The van der Waals surface area contributed by atoms with Crippen molar-refractivity contribution in [3.05, 3.63) is 46.6 Å². The van der Waals surface area contributed by atoms with Gasteiger partial charge in [-0.25, -0.2) is 4.79 Å². The molecule has 1 N–H and O–H groups in total. The van der Waals surface area contributed by atoms with Crippen molar-refractivity contribution >= 4 is 5.97 Å². The van der Waals surface area contributed by atoms with E-state index in [0.717, 1.165) is 19.3 Å². The SMILES string of the molecule is CC(=O)O[C@H]1CC[C@]2(C)[C@H]3[C@H](O)c4c(cc(-c5cccnc5)oc4=O)O[C@]3(C)CC[C@H]2C1(C)C. The Bertz CT molecular complexity index is 1170. The predicted molar refractivity (Wildman–Crippen MR) is 125 cm³/mol. The normalized spacial score (nSPS) is 35.8. The second kappa shape index (κ2) is 7.67. The van der Waals surface area contributed by atoms with Gasteiger partial charge < -0.3 is 19.0 Å². The lowest BCUT2D eigenvalue weighted by molar-refractivity contribution is -0.227. The van der Waals surface area contributed by atoms with Crippen molar-refractivity contribution in [1.82, 2.24) is 4.98 Å². The van der Waals surface area contributed by atoms with Gasteiger partial charge in [-0.3, -0.25) is 9.78 Å². The molecule has 2 saturated carbocycles. The molecule has 7 heteroatoms. The summed E-state index contributed by atoms with van der Waals surface area (Å²) in [7, 11) is 0. The first-order valence-electron chi connectivity index (χ1n) is 12.1. The van der Waals surface area contributed by atoms with Gasteiger partial charge in [0.25, 0.3) is 0 Å². The molecule has 2 fully saturated rings. The number of ether oxygens (including phenoxy) is 2. The van der Waals surface area contributed by atoms with E-state index < -0.39 is 17.3 Å². The van der Waals surface area contributed by atoms with E-state index in [4.69, 9.17) is 13.9 Å². The largest absolute Gasteiger partial charge is 0.486 e. The number of nitrogens with zero attached hydrogens (tertiary/aromatic N) is 1. The first-order valence-corrected chi connectivity index (χ1v) is 12.1. The second-order valence-electron chi connectivity index (χ2n) is 11.3. The molecule has 6 atom stereocenters. The summed E-state index contributed by atoms with van der Waals surface area (Å²) in [5.74, 6) is 0.387. The van der Waals surface area contributed by atoms with Gasteiger partial charge in [0, 0.05) is 42.3 Å². The Balaban J connectivity index is 1.57. The molecule has 1 aliphatic heterocycles. The highest BCUT2D eigenvalue weighted by Crippen LogP contribution is 2.66. The number of aliphatic hydroxyl groups is 1. The Kier molecular flexibility index (Phi) is 5.21. The minimum absolute atomic E-state index is 0.173. The monoisotopic (exact) mass is 467 g/mol. The van der Waals surface area contributed by atoms with Gasteiger partial charge in [0.1, 0.15) is 28.8 Å². The Hall–Kier alpha value is -2.67. The van der Waals surface area contributed by atoms with Gasteiger partial charge in [-0.2, -0.15) is 0 Å². The Labute approximate surface area is 199 Å². The lowest BCUT2D eigenvalue weighted by Gasteiger charge is -2.65. The van der Waals surface area contributed by atoms with Gasteiger partial charge in [0.05, 0.1) is 6.10 Å². The van der Waals surface area contributed by atoms with Gasteiger partial charge >= 0.3 is 11.6 Å². The zero-order chi connectivity index (χ0) is 24.5. The maximum Gasteiger partial charge on any atom is 0.345 e. The van der Waals surface area contributed by atoms with Crippen LogP contribution in [0.5, 0.6) is 5.75 Å². The highest BCUT2D eigenvalue weighted by atomic mass is 16.5. The first-order chi connectivity index (χ1) is 16.0. The summed E-state index contributed by atoms with van der Waals surface area (Å²) < 4.78 is 17.9. The van der Waals surface area contributed by atoms with Crippen LogP contribution < -0.4 is 10.4 Å². The van der Waals surface area contributed by atoms with Crippen molar-refractivity contribution in [1.29, 1.82) is 0 Å². The molecular weight excluding hydrogens is 434 g/mol. The van der Waals surface area contributed by atoms with E-state index >= 15 is 0 Å². The quantitative estimate of drug-likeness (QED) is 0.641. The summed E-state index contributed by atoms with van der Waals surface area (Å²) in [5, 5.41) is 11.7. The third-order valence-corrected chi connectivity index (χ3v) is 8.93. The van der Waals surface area contributed by atoms with Crippen LogP contribution in [0.2, 0.25) is 0 Å². The minimum Gasteiger partial charge on any atom is -0.486 e. The lowest BCUT2D eigenvalue weighted by atomic mass is 9.43. The molecule has 0 bridgehead atoms. The fraction of sp³-hybridized carbons (Fsp3) is 0.593. The molecule has 3 aliphatic rings. The average molecular weight is 468 g/mol. The van der Waals surface area contributed by atoms with Gasteiger partial charge in [-0.15, -0.1) is 0 Å². The van der Waals surface area contributed by atoms with Crippen molar-refractivity contribution in [2.45, 2.75) is 78.1 Å². The summed E-state index contributed by atoms with van der Waals surface area (Å²) >= 11 is 0. The molecule has 2 aliphatic carbocycles. The highest BCUT2D eigenvalue weighted by molar-refractivity contribution is 5.66. The lowest BCUT2D eigenvalue weighted by Crippen LogP contribution is -2.65. The second-order valence-corrected chi connectivity index (χ2v) is 11.3. The Morgan fingerprint density at radius 3 is 2.65 bits per heavy atom. The van der Waals surface area contributed by atoms with Crippen LogP contribution >= 0.6 is 0 Å². The maximum atomic E-state index is 13.1. The Morgan fingerprint density at radius 2 is 1.97 bits per heavy atom. The van der Waals surface area contributed by atoms with Gasteiger partial charge in [-0.05, 0) is 56.1 Å². The fourth-order valence-electron chi connectivity index (χ4n) is 7.54. The van der Waals surface area contributed by atoms with Crippen molar-refractivity contribution < 1.29 is 23.8 Å². The van der Waals surface area contributed by atoms with Crippen molar-refractivity contribution in [2.75, 3.05) is 0 Å². The molecule has 0 radical (unpaired) electrons. The van der Waals surface area contributed by atoms with Crippen molar-refractivity contribution in [2.24, 2.45) is 22.7 Å².